The van der Waals surface area contributed by atoms with Crippen molar-refractivity contribution in [1.29, 1.82) is 0 Å². The highest BCUT2D eigenvalue weighted by Gasteiger charge is 2.24. The maximum Gasteiger partial charge on any atom is 0.265 e. The maximum absolute atomic E-state index is 11.8. The minimum atomic E-state index is -0.492. The Labute approximate surface area is 100.0 Å². The van der Waals surface area contributed by atoms with Crippen molar-refractivity contribution >= 4 is 17.4 Å². The fourth-order valence-corrected chi connectivity index (χ4v) is 1.70. The lowest BCUT2D eigenvalue weighted by molar-refractivity contribution is -0.122. The molecule has 1 aliphatic heterocycles. The number of amides is 1. The lowest BCUT2D eigenvalue weighted by Gasteiger charge is -2.23. The SMILES string of the molecule is CC(C)C(=O)c1ccc2c(c1)NC(=O)C(C)O2. The summed E-state index contributed by atoms with van der Waals surface area (Å²) in [6, 6.07) is 5.12. The lowest BCUT2D eigenvalue weighted by Crippen LogP contribution is -2.34. The molecule has 2 rings (SSSR count). The zero-order valence-electron chi connectivity index (χ0n) is 10.1. The fourth-order valence-electron chi connectivity index (χ4n) is 1.70. The van der Waals surface area contributed by atoms with Gasteiger partial charge < -0.3 is 10.1 Å². The minimum Gasteiger partial charge on any atom is -0.479 e. The van der Waals surface area contributed by atoms with Crippen LogP contribution in [0.5, 0.6) is 5.75 Å². The quantitative estimate of drug-likeness (QED) is 0.797. The third kappa shape index (κ3) is 2.16. The summed E-state index contributed by atoms with van der Waals surface area (Å²) < 4.78 is 5.42. The van der Waals surface area contributed by atoms with Crippen LogP contribution in [0.2, 0.25) is 0 Å². The predicted molar refractivity (Wildman–Crippen MR) is 64.3 cm³/mol. The molecule has 1 amide bonds. The third-order valence-corrected chi connectivity index (χ3v) is 2.72. The molecule has 1 unspecified atom stereocenters. The number of hydrogen-bond acceptors (Lipinski definition) is 3. The summed E-state index contributed by atoms with van der Waals surface area (Å²) in [7, 11) is 0. The average molecular weight is 233 g/mol. The van der Waals surface area contributed by atoms with Crippen molar-refractivity contribution in [2.24, 2.45) is 5.92 Å². The van der Waals surface area contributed by atoms with Crippen molar-refractivity contribution in [2.75, 3.05) is 5.32 Å². The van der Waals surface area contributed by atoms with Gasteiger partial charge in [0.2, 0.25) is 0 Å². The molecule has 90 valence electrons. The zero-order chi connectivity index (χ0) is 12.6. The topological polar surface area (TPSA) is 55.4 Å². The summed E-state index contributed by atoms with van der Waals surface area (Å²) in [5.41, 5.74) is 1.16. The van der Waals surface area contributed by atoms with Gasteiger partial charge in [-0.1, -0.05) is 13.8 Å². The number of hydrogen-bond donors (Lipinski definition) is 1. The highest BCUT2D eigenvalue weighted by Crippen LogP contribution is 2.30. The van der Waals surface area contributed by atoms with Crippen LogP contribution in [0.1, 0.15) is 31.1 Å². The van der Waals surface area contributed by atoms with Crippen LogP contribution >= 0.6 is 0 Å². The Bertz CT molecular complexity index is 480. The molecule has 1 aliphatic rings. The summed E-state index contributed by atoms with van der Waals surface area (Å²) in [5, 5.41) is 2.73. The van der Waals surface area contributed by atoms with Crippen molar-refractivity contribution in [2.45, 2.75) is 26.9 Å². The molecular formula is C13H15NO3. The van der Waals surface area contributed by atoms with Gasteiger partial charge in [0.05, 0.1) is 5.69 Å². The van der Waals surface area contributed by atoms with E-state index in [-0.39, 0.29) is 17.6 Å². The smallest absolute Gasteiger partial charge is 0.265 e. The van der Waals surface area contributed by atoms with Crippen molar-refractivity contribution in [3.8, 4) is 5.75 Å². The second-order valence-corrected chi connectivity index (χ2v) is 4.48. The van der Waals surface area contributed by atoms with Crippen molar-refractivity contribution < 1.29 is 14.3 Å². The number of fused-ring (bicyclic) bond motifs is 1. The van der Waals surface area contributed by atoms with E-state index < -0.39 is 6.10 Å². The lowest BCUT2D eigenvalue weighted by atomic mass is 10.00. The molecule has 0 saturated carbocycles. The molecule has 4 nitrogen and oxygen atoms in total. The van der Waals surface area contributed by atoms with Gasteiger partial charge in [0.15, 0.2) is 11.9 Å². The number of carbonyl (C=O) groups excluding carboxylic acids is 2. The van der Waals surface area contributed by atoms with Gasteiger partial charge >= 0.3 is 0 Å². The first-order valence-corrected chi connectivity index (χ1v) is 5.65. The van der Waals surface area contributed by atoms with Gasteiger partial charge in [-0.15, -0.1) is 0 Å². The number of ether oxygens (including phenoxy) is 1. The second kappa shape index (κ2) is 4.20. The van der Waals surface area contributed by atoms with Crippen LogP contribution < -0.4 is 10.1 Å². The number of nitrogens with one attached hydrogen (secondary N) is 1. The first kappa shape index (κ1) is 11.6. The number of anilines is 1. The molecule has 0 bridgehead atoms. The fraction of sp³-hybridized carbons (Fsp3) is 0.385. The number of benzene rings is 1. The maximum atomic E-state index is 11.8. The minimum absolute atomic E-state index is 0.0562. The molecular weight excluding hydrogens is 218 g/mol. The van der Waals surface area contributed by atoms with E-state index in [1.807, 2.05) is 13.8 Å². The van der Waals surface area contributed by atoms with Crippen molar-refractivity contribution in [3.05, 3.63) is 23.8 Å². The first-order valence-electron chi connectivity index (χ1n) is 5.65. The molecule has 17 heavy (non-hydrogen) atoms. The van der Waals surface area contributed by atoms with E-state index in [2.05, 4.69) is 5.32 Å². The Morgan fingerprint density at radius 3 is 2.76 bits per heavy atom. The molecule has 1 atom stereocenters. The summed E-state index contributed by atoms with van der Waals surface area (Å²) in [4.78, 5) is 23.3. The number of Topliss-reactive ketones (excluding diaryl/α,β-unsaturated/α-hetero) is 1. The van der Waals surface area contributed by atoms with Crippen molar-refractivity contribution in [3.63, 3.8) is 0 Å². The number of rotatable bonds is 2. The van der Waals surface area contributed by atoms with E-state index in [1.165, 1.54) is 0 Å². The highest BCUT2D eigenvalue weighted by atomic mass is 16.5. The molecule has 0 radical (unpaired) electrons. The highest BCUT2D eigenvalue weighted by molar-refractivity contribution is 6.02. The molecule has 0 aromatic heterocycles. The molecule has 1 aromatic rings. The summed E-state index contributed by atoms with van der Waals surface area (Å²) in [6.45, 7) is 5.38. The van der Waals surface area contributed by atoms with Crippen LogP contribution in [-0.2, 0) is 4.79 Å². The normalized spacial score (nSPS) is 18.4. The van der Waals surface area contributed by atoms with Gasteiger partial charge in [-0.3, -0.25) is 9.59 Å². The van der Waals surface area contributed by atoms with Gasteiger partial charge in [-0.25, -0.2) is 0 Å². The molecule has 0 saturated heterocycles. The summed E-state index contributed by atoms with van der Waals surface area (Å²) >= 11 is 0. The largest absolute Gasteiger partial charge is 0.479 e. The van der Waals surface area contributed by atoms with E-state index in [9.17, 15) is 9.59 Å². The van der Waals surface area contributed by atoms with Gasteiger partial charge in [0.25, 0.3) is 5.91 Å². The Hall–Kier alpha value is -1.84. The predicted octanol–water partition coefficient (Wildman–Crippen LogP) is 2.24. The van der Waals surface area contributed by atoms with Gasteiger partial charge in [0.1, 0.15) is 5.75 Å². The van der Waals surface area contributed by atoms with Gasteiger partial charge in [-0.2, -0.15) is 0 Å². The van der Waals surface area contributed by atoms with E-state index >= 15 is 0 Å². The summed E-state index contributed by atoms with van der Waals surface area (Å²) in [6.07, 6.45) is -0.492. The van der Waals surface area contributed by atoms with Crippen LogP contribution in [0.15, 0.2) is 18.2 Å². The monoisotopic (exact) mass is 233 g/mol. The number of ketones is 1. The molecule has 4 heteroatoms. The summed E-state index contributed by atoms with van der Waals surface area (Å²) in [5.74, 6) is 0.414. The van der Waals surface area contributed by atoms with Gasteiger partial charge in [0, 0.05) is 11.5 Å². The van der Waals surface area contributed by atoms with Crippen molar-refractivity contribution in [1.82, 2.24) is 0 Å². The number of carbonyl (C=O) groups is 2. The van der Waals surface area contributed by atoms with E-state index in [0.717, 1.165) is 0 Å². The van der Waals surface area contributed by atoms with Crippen LogP contribution in [0.4, 0.5) is 5.69 Å². The molecule has 1 heterocycles. The Morgan fingerprint density at radius 2 is 2.12 bits per heavy atom. The first-order chi connectivity index (χ1) is 7.99. The Kier molecular flexibility index (Phi) is 2.88. The molecule has 0 fully saturated rings. The third-order valence-electron chi connectivity index (χ3n) is 2.72. The van der Waals surface area contributed by atoms with Crippen LogP contribution in [0, 0.1) is 5.92 Å². The van der Waals surface area contributed by atoms with Crippen LogP contribution in [0.25, 0.3) is 0 Å². The molecule has 1 aromatic carbocycles. The van der Waals surface area contributed by atoms with Crippen LogP contribution in [-0.4, -0.2) is 17.8 Å². The molecule has 0 aliphatic carbocycles. The van der Waals surface area contributed by atoms with E-state index in [0.29, 0.717) is 17.0 Å². The Balaban J connectivity index is 2.35. The Morgan fingerprint density at radius 1 is 1.41 bits per heavy atom. The molecule has 1 N–H and O–H groups in total. The average Bonchev–Trinajstić information content (AvgIpc) is 2.29. The van der Waals surface area contributed by atoms with Gasteiger partial charge in [-0.05, 0) is 25.1 Å². The van der Waals surface area contributed by atoms with E-state index in [4.69, 9.17) is 4.74 Å². The van der Waals surface area contributed by atoms with E-state index in [1.54, 1.807) is 25.1 Å². The second-order valence-electron chi connectivity index (χ2n) is 4.48. The molecule has 0 spiro atoms. The standard InChI is InChI=1S/C13H15NO3/c1-7(2)12(15)9-4-5-11-10(6-9)14-13(16)8(3)17-11/h4-8H,1-3H3,(H,14,16). The zero-order valence-corrected chi connectivity index (χ0v) is 10.1. The van der Waals surface area contributed by atoms with Crippen LogP contribution in [0.3, 0.4) is 0 Å².